The Labute approximate surface area is 170 Å². The van der Waals surface area contributed by atoms with Crippen molar-refractivity contribution >= 4 is 39.6 Å². The minimum absolute atomic E-state index is 0. The number of aliphatic imine (C=N–C) groups is 1. The summed E-state index contributed by atoms with van der Waals surface area (Å²) >= 11 is 1.66. The molecule has 0 atom stereocenters. The third-order valence-corrected chi connectivity index (χ3v) is 6.56. The molecule has 3 nitrogen and oxygen atoms in total. The van der Waals surface area contributed by atoms with Crippen molar-refractivity contribution in [2.24, 2.45) is 4.99 Å². The zero-order chi connectivity index (χ0) is 17.1. The van der Waals surface area contributed by atoms with Gasteiger partial charge >= 0.3 is 0 Å². The van der Waals surface area contributed by atoms with E-state index < -0.39 is 0 Å². The van der Waals surface area contributed by atoms with Gasteiger partial charge in [0.25, 0.3) is 0 Å². The first kappa shape index (κ1) is 19.7. The van der Waals surface area contributed by atoms with E-state index in [1.54, 1.807) is 11.8 Å². The zero-order valence-electron chi connectivity index (χ0n) is 15.1. The highest BCUT2D eigenvalue weighted by Crippen LogP contribution is 2.39. The van der Waals surface area contributed by atoms with Crippen molar-refractivity contribution in [2.75, 3.05) is 5.75 Å². The van der Waals surface area contributed by atoms with Crippen molar-refractivity contribution in [1.82, 2.24) is 5.32 Å². The van der Waals surface area contributed by atoms with Crippen molar-refractivity contribution in [3.63, 3.8) is 0 Å². The minimum atomic E-state index is -0.0907. The van der Waals surface area contributed by atoms with Crippen LogP contribution in [0, 0.1) is 0 Å². The molecule has 1 spiro atoms. The van der Waals surface area contributed by atoms with Crippen LogP contribution in [0.4, 0.5) is 0 Å². The Morgan fingerprint density at radius 1 is 1.04 bits per heavy atom. The highest BCUT2D eigenvalue weighted by molar-refractivity contribution is 8.93. The number of rotatable bonds is 3. The molecule has 1 aliphatic heterocycles. The lowest BCUT2D eigenvalue weighted by molar-refractivity contribution is 0.102. The highest BCUT2D eigenvalue weighted by Gasteiger charge is 2.37. The monoisotopic (exact) mass is 434 g/mol. The quantitative estimate of drug-likeness (QED) is 0.622. The Morgan fingerprint density at radius 3 is 2.54 bits per heavy atom. The van der Waals surface area contributed by atoms with Gasteiger partial charge in [0.1, 0.15) is 5.66 Å². The van der Waals surface area contributed by atoms with Gasteiger partial charge in [-0.3, -0.25) is 9.79 Å². The van der Waals surface area contributed by atoms with Crippen molar-refractivity contribution in [3.05, 3.63) is 47.2 Å². The molecule has 0 amide bonds. The lowest BCUT2D eigenvalue weighted by Gasteiger charge is -2.42. The van der Waals surface area contributed by atoms with E-state index in [-0.39, 0.29) is 28.4 Å². The Kier molecular flexibility index (Phi) is 6.62. The summed E-state index contributed by atoms with van der Waals surface area (Å²) in [7, 11) is 0. The lowest BCUT2D eigenvalue weighted by atomic mass is 9.85. The van der Waals surface area contributed by atoms with E-state index in [0.29, 0.717) is 5.75 Å². The molecule has 5 heteroatoms. The van der Waals surface area contributed by atoms with Crippen LogP contribution in [0.15, 0.2) is 46.6 Å². The van der Waals surface area contributed by atoms with Crippen LogP contribution in [0.3, 0.4) is 0 Å². The second-order valence-corrected chi connectivity index (χ2v) is 8.34. The molecule has 0 aromatic heterocycles. The minimum Gasteiger partial charge on any atom is -0.364 e. The first-order chi connectivity index (χ1) is 12.3. The summed E-state index contributed by atoms with van der Waals surface area (Å²) in [5.74, 6) is 0.679. The maximum Gasteiger partial charge on any atom is 0.173 e. The Hall–Kier alpha value is -1.07. The van der Waals surface area contributed by atoms with Crippen LogP contribution in [0.25, 0.3) is 0 Å². The molecule has 0 bridgehead atoms. The molecule has 1 saturated carbocycles. The van der Waals surface area contributed by atoms with E-state index in [1.807, 2.05) is 30.3 Å². The van der Waals surface area contributed by atoms with Crippen LogP contribution in [0.1, 0.15) is 68.1 Å². The number of allylic oxidation sites excluding steroid dienone is 1. The smallest absolute Gasteiger partial charge is 0.173 e. The van der Waals surface area contributed by atoms with Gasteiger partial charge in [-0.25, -0.2) is 0 Å². The van der Waals surface area contributed by atoms with Crippen LogP contribution in [0.2, 0.25) is 0 Å². The Bertz CT molecular complexity index is 708. The van der Waals surface area contributed by atoms with Gasteiger partial charge in [-0.15, -0.1) is 17.0 Å². The molecule has 140 valence electrons. The van der Waals surface area contributed by atoms with E-state index >= 15 is 0 Å². The molecule has 1 heterocycles. The van der Waals surface area contributed by atoms with E-state index in [9.17, 15) is 4.79 Å². The highest BCUT2D eigenvalue weighted by atomic mass is 79.9. The molecule has 4 rings (SSSR count). The standard InChI is InChI=1S/C21H26N2OS.BrH/c24-19(16-9-3-1-4-10-16)15-25-20-17-11-5-6-12-18(17)22-21(23-20)13-7-2-8-14-21;/h1,3-4,9-10,22H,2,5-8,11-15H2;1H. The third kappa shape index (κ3) is 4.25. The molecule has 26 heavy (non-hydrogen) atoms. The van der Waals surface area contributed by atoms with Crippen molar-refractivity contribution in [1.29, 1.82) is 0 Å². The summed E-state index contributed by atoms with van der Waals surface area (Å²) in [4.78, 5) is 17.7. The number of carbonyl (C=O) groups excluding carboxylic acids is 1. The largest absolute Gasteiger partial charge is 0.364 e. The second kappa shape index (κ2) is 8.75. The summed E-state index contributed by atoms with van der Waals surface area (Å²) < 4.78 is 0. The normalized spacial score (nSPS) is 21.3. The molecule has 1 N–H and O–H groups in total. The van der Waals surface area contributed by atoms with Gasteiger partial charge < -0.3 is 5.32 Å². The van der Waals surface area contributed by atoms with Crippen LogP contribution in [0.5, 0.6) is 0 Å². The topological polar surface area (TPSA) is 41.5 Å². The molecule has 3 aliphatic rings. The summed E-state index contributed by atoms with van der Waals surface area (Å²) in [5, 5.41) is 4.95. The van der Waals surface area contributed by atoms with Gasteiger partial charge in [-0.2, -0.15) is 0 Å². The predicted molar refractivity (Wildman–Crippen MR) is 115 cm³/mol. The van der Waals surface area contributed by atoms with Crippen molar-refractivity contribution < 1.29 is 4.79 Å². The molecule has 1 aromatic rings. The number of nitrogens with one attached hydrogen (secondary N) is 1. The fraction of sp³-hybridized carbons (Fsp3) is 0.524. The number of ketones is 1. The fourth-order valence-corrected chi connectivity index (χ4v) is 5.26. The van der Waals surface area contributed by atoms with Gasteiger partial charge in [-0.1, -0.05) is 48.5 Å². The first-order valence-electron chi connectivity index (χ1n) is 9.57. The number of hydrogen-bond acceptors (Lipinski definition) is 4. The number of Topliss-reactive ketones (excluding diaryl/α,β-unsaturated/α-hetero) is 1. The number of halogens is 1. The number of hydrogen-bond donors (Lipinski definition) is 1. The lowest BCUT2D eigenvalue weighted by Crippen LogP contribution is -2.48. The van der Waals surface area contributed by atoms with Gasteiger partial charge in [-0.05, 0) is 51.4 Å². The van der Waals surface area contributed by atoms with Crippen LogP contribution in [-0.2, 0) is 0 Å². The van der Waals surface area contributed by atoms with Crippen molar-refractivity contribution in [3.8, 4) is 0 Å². The number of thioether (sulfide) groups is 1. The Morgan fingerprint density at radius 2 is 1.77 bits per heavy atom. The van der Waals surface area contributed by atoms with Crippen LogP contribution < -0.4 is 5.32 Å². The van der Waals surface area contributed by atoms with Gasteiger partial charge in [0.2, 0.25) is 0 Å². The van der Waals surface area contributed by atoms with E-state index in [1.165, 1.54) is 43.4 Å². The third-order valence-electron chi connectivity index (χ3n) is 5.54. The maximum atomic E-state index is 12.5. The number of carbonyl (C=O) groups is 1. The molecular formula is C21H27BrN2OS. The van der Waals surface area contributed by atoms with Gasteiger partial charge in [0, 0.05) is 16.8 Å². The summed E-state index contributed by atoms with van der Waals surface area (Å²) in [5.41, 5.74) is 3.51. The molecule has 2 aliphatic carbocycles. The molecule has 1 aromatic carbocycles. The Balaban J connectivity index is 0.00000196. The SMILES string of the molecule is Br.O=C(CSC1=NC2(CCCCC2)NC2=C1CCCC2)c1ccccc1. The van der Waals surface area contributed by atoms with E-state index in [4.69, 9.17) is 4.99 Å². The molecule has 0 unspecified atom stereocenters. The van der Waals surface area contributed by atoms with Gasteiger partial charge in [0.15, 0.2) is 5.78 Å². The fourth-order valence-electron chi connectivity index (χ4n) is 4.18. The first-order valence-corrected chi connectivity index (χ1v) is 10.6. The van der Waals surface area contributed by atoms with Crippen LogP contribution in [-0.4, -0.2) is 22.2 Å². The number of nitrogens with zero attached hydrogens (tertiary/aromatic N) is 1. The zero-order valence-corrected chi connectivity index (χ0v) is 17.7. The summed E-state index contributed by atoms with van der Waals surface area (Å²) in [6.45, 7) is 0. The molecule has 0 radical (unpaired) electrons. The van der Waals surface area contributed by atoms with E-state index in [2.05, 4.69) is 5.32 Å². The van der Waals surface area contributed by atoms with E-state index in [0.717, 1.165) is 36.3 Å². The number of benzene rings is 1. The summed E-state index contributed by atoms with van der Waals surface area (Å²) in [6, 6.07) is 9.62. The van der Waals surface area contributed by atoms with Crippen LogP contribution >= 0.6 is 28.7 Å². The predicted octanol–water partition coefficient (Wildman–Crippen LogP) is 5.67. The second-order valence-electron chi connectivity index (χ2n) is 7.38. The van der Waals surface area contributed by atoms with Gasteiger partial charge in [0.05, 0.1) is 10.8 Å². The maximum absolute atomic E-state index is 12.5. The molecular weight excluding hydrogens is 408 g/mol. The average molecular weight is 435 g/mol. The summed E-state index contributed by atoms with van der Waals surface area (Å²) in [6.07, 6.45) is 10.8. The molecule has 1 fully saturated rings. The average Bonchev–Trinajstić information content (AvgIpc) is 2.67. The van der Waals surface area contributed by atoms with Crippen molar-refractivity contribution in [2.45, 2.75) is 63.5 Å². The molecule has 0 saturated heterocycles.